The van der Waals surface area contributed by atoms with E-state index in [-0.39, 0.29) is 5.91 Å². The minimum atomic E-state index is -0.391. The summed E-state index contributed by atoms with van der Waals surface area (Å²) < 4.78 is 6.73. The van der Waals surface area contributed by atoms with E-state index in [4.69, 9.17) is 4.74 Å². The fraction of sp³-hybridized carbons (Fsp3) is 0.500. The first-order chi connectivity index (χ1) is 11.9. The molecule has 7 heteroatoms. The van der Waals surface area contributed by atoms with Gasteiger partial charge in [0.2, 0.25) is 0 Å². The predicted molar refractivity (Wildman–Crippen MR) is 97.4 cm³/mol. The van der Waals surface area contributed by atoms with E-state index in [0.29, 0.717) is 28.7 Å². The topological polar surface area (TPSA) is 73.2 Å². The van der Waals surface area contributed by atoms with Crippen molar-refractivity contribution in [3.05, 3.63) is 33.5 Å². The summed E-state index contributed by atoms with van der Waals surface area (Å²) in [6.07, 6.45) is 2.82. The van der Waals surface area contributed by atoms with Gasteiger partial charge in [0.1, 0.15) is 5.00 Å². The van der Waals surface area contributed by atoms with Crippen LogP contribution in [-0.4, -0.2) is 28.8 Å². The number of aryl methyl sites for hydroxylation is 2. The number of methoxy groups -OCH3 is 1. The molecule has 0 spiro atoms. The van der Waals surface area contributed by atoms with Crippen molar-refractivity contribution < 1.29 is 14.3 Å². The van der Waals surface area contributed by atoms with E-state index in [9.17, 15) is 9.59 Å². The zero-order valence-corrected chi connectivity index (χ0v) is 15.8. The molecule has 2 heterocycles. The largest absolute Gasteiger partial charge is 0.465 e. The molecule has 1 aliphatic carbocycles. The zero-order chi connectivity index (χ0) is 18.1. The van der Waals surface area contributed by atoms with Crippen molar-refractivity contribution >= 4 is 28.2 Å². The van der Waals surface area contributed by atoms with Crippen molar-refractivity contribution in [2.24, 2.45) is 5.92 Å². The summed E-state index contributed by atoms with van der Waals surface area (Å²) in [4.78, 5) is 26.1. The number of carbonyl (C=O) groups is 2. The van der Waals surface area contributed by atoms with E-state index in [0.717, 1.165) is 30.5 Å². The van der Waals surface area contributed by atoms with E-state index >= 15 is 0 Å². The molecule has 0 saturated carbocycles. The van der Waals surface area contributed by atoms with E-state index in [2.05, 4.69) is 17.3 Å². The molecule has 2 aromatic heterocycles. The van der Waals surface area contributed by atoms with Crippen LogP contribution in [0.1, 0.15) is 57.2 Å². The highest BCUT2D eigenvalue weighted by Gasteiger charge is 2.29. The molecule has 25 heavy (non-hydrogen) atoms. The zero-order valence-electron chi connectivity index (χ0n) is 15.0. The van der Waals surface area contributed by atoms with Crippen molar-refractivity contribution in [3.8, 4) is 0 Å². The highest BCUT2D eigenvalue weighted by molar-refractivity contribution is 7.17. The lowest BCUT2D eigenvalue weighted by molar-refractivity contribution is 0.0601. The van der Waals surface area contributed by atoms with E-state index in [1.54, 1.807) is 10.7 Å². The van der Waals surface area contributed by atoms with Crippen LogP contribution in [0.5, 0.6) is 0 Å². The smallest absolute Gasteiger partial charge is 0.341 e. The fourth-order valence-corrected chi connectivity index (χ4v) is 4.66. The lowest BCUT2D eigenvalue weighted by atomic mass is 9.88. The molecule has 1 aliphatic rings. The maximum absolute atomic E-state index is 12.6. The van der Waals surface area contributed by atoms with Gasteiger partial charge in [-0.05, 0) is 50.7 Å². The van der Waals surface area contributed by atoms with Crippen molar-refractivity contribution in [1.29, 1.82) is 0 Å². The van der Waals surface area contributed by atoms with Crippen LogP contribution in [0.3, 0.4) is 0 Å². The molecule has 3 rings (SSSR count). The number of fused-ring (bicyclic) bond motifs is 1. The summed E-state index contributed by atoms with van der Waals surface area (Å²) in [5, 5.41) is 7.76. The molecule has 1 amide bonds. The predicted octanol–water partition coefficient (Wildman–Crippen LogP) is 3.44. The van der Waals surface area contributed by atoms with Gasteiger partial charge >= 0.3 is 5.97 Å². The summed E-state index contributed by atoms with van der Waals surface area (Å²) in [5.74, 6) is -0.104. The summed E-state index contributed by atoms with van der Waals surface area (Å²) in [6, 6.07) is 1.76. The molecular formula is C18H23N3O3S. The third kappa shape index (κ3) is 3.33. The number of thiophene rings is 1. The molecule has 1 atom stereocenters. The Morgan fingerprint density at radius 3 is 2.88 bits per heavy atom. The highest BCUT2D eigenvalue weighted by atomic mass is 32.1. The first-order valence-electron chi connectivity index (χ1n) is 8.53. The van der Waals surface area contributed by atoms with Crippen LogP contribution >= 0.6 is 11.3 Å². The molecule has 0 radical (unpaired) electrons. The van der Waals surface area contributed by atoms with Gasteiger partial charge in [-0.1, -0.05) is 6.92 Å². The molecular weight excluding hydrogens is 338 g/mol. The Hall–Kier alpha value is -2.15. The van der Waals surface area contributed by atoms with Gasteiger partial charge in [-0.15, -0.1) is 11.3 Å². The van der Waals surface area contributed by atoms with Crippen LogP contribution in [0.4, 0.5) is 5.00 Å². The van der Waals surface area contributed by atoms with Crippen molar-refractivity contribution in [3.63, 3.8) is 0 Å². The first kappa shape index (κ1) is 17.7. The molecule has 0 fully saturated rings. The summed E-state index contributed by atoms with van der Waals surface area (Å²) in [6.45, 7) is 6.81. The van der Waals surface area contributed by atoms with Gasteiger partial charge in [0.25, 0.3) is 5.91 Å². The Balaban J connectivity index is 1.93. The number of ether oxygens (including phenoxy) is 1. The maximum Gasteiger partial charge on any atom is 0.341 e. The molecule has 0 saturated heterocycles. The number of nitrogens with zero attached hydrogens (tertiary/aromatic N) is 2. The number of aromatic nitrogens is 2. The number of hydrogen-bond acceptors (Lipinski definition) is 5. The van der Waals surface area contributed by atoms with Crippen molar-refractivity contribution in [2.45, 2.75) is 46.6 Å². The van der Waals surface area contributed by atoms with Crippen LogP contribution in [0.15, 0.2) is 6.07 Å². The Labute approximate surface area is 151 Å². The minimum absolute atomic E-state index is 0.299. The normalized spacial score (nSPS) is 16.4. The summed E-state index contributed by atoms with van der Waals surface area (Å²) >= 11 is 1.48. The van der Waals surface area contributed by atoms with Crippen molar-refractivity contribution in [1.82, 2.24) is 9.78 Å². The second-order valence-electron chi connectivity index (χ2n) is 6.49. The number of rotatable bonds is 4. The SMILES string of the molecule is CCn1nc(C(=O)Nc2sc3c(c2C(=O)OC)CCC(C)C3)cc1C. The van der Waals surface area contributed by atoms with Crippen LogP contribution in [0.2, 0.25) is 0 Å². The monoisotopic (exact) mass is 361 g/mol. The number of carbonyl (C=O) groups excluding carboxylic acids is 2. The van der Waals surface area contributed by atoms with Crippen molar-refractivity contribution in [2.75, 3.05) is 12.4 Å². The van der Waals surface area contributed by atoms with E-state index in [1.807, 2.05) is 13.8 Å². The summed E-state index contributed by atoms with van der Waals surface area (Å²) in [7, 11) is 1.37. The molecule has 1 unspecified atom stereocenters. The van der Waals surface area contributed by atoms with Crippen LogP contribution in [0, 0.1) is 12.8 Å². The lowest BCUT2D eigenvalue weighted by Gasteiger charge is -2.18. The molecule has 2 aromatic rings. The molecule has 134 valence electrons. The Morgan fingerprint density at radius 2 is 2.24 bits per heavy atom. The van der Waals surface area contributed by atoms with Crippen LogP contribution < -0.4 is 5.32 Å². The molecule has 0 bridgehead atoms. The quantitative estimate of drug-likeness (QED) is 0.847. The number of esters is 1. The Kier molecular flexibility index (Phi) is 4.94. The number of nitrogens with one attached hydrogen (secondary N) is 1. The first-order valence-corrected chi connectivity index (χ1v) is 9.34. The second kappa shape index (κ2) is 7.00. The van der Waals surface area contributed by atoms with E-state index in [1.165, 1.54) is 23.3 Å². The molecule has 1 N–H and O–H groups in total. The summed E-state index contributed by atoms with van der Waals surface area (Å²) in [5.41, 5.74) is 2.82. The third-order valence-electron chi connectivity index (χ3n) is 4.64. The average Bonchev–Trinajstić information content (AvgIpc) is 3.13. The number of amides is 1. The Morgan fingerprint density at radius 1 is 1.48 bits per heavy atom. The third-order valence-corrected chi connectivity index (χ3v) is 5.81. The van der Waals surface area contributed by atoms with Crippen LogP contribution in [0.25, 0.3) is 0 Å². The highest BCUT2D eigenvalue weighted by Crippen LogP contribution is 2.40. The van der Waals surface area contributed by atoms with Crippen LogP contribution in [-0.2, 0) is 24.1 Å². The van der Waals surface area contributed by atoms with Gasteiger partial charge in [-0.2, -0.15) is 5.10 Å². The number of hydrogen-bond donors (Lipinski definition) is 1. The standard InChI is InChI=1S/C18H23N3O3S/c1-5-21-11(3)9-13(20-21)16(22)19-17-15(18(23)24-4)12-7-6-10(2)8-14(12)25-17/h9-10H,5-8H2,1-4H3,(H,19,22). The molecule has 0 aliphatic heterocycles. The van der Waals surface area contributed by atoms with Gasteiger partial charge in [0.15, 0.2) is 5.69 Å². The van der Waals surface area contributed by atoms with E-state index < -0.39 is 5.97 Å². The second-order valence-corrected chi connectivity index (χ2v) is 7.59. The lowest BCUT2D eigenvalue weighted by Crippen LogP contribution is -2.16. The molecule has 6 nitrogen and oxygen atoms in total. The van der Waals surface area contributed by atoms with Gasteiger partial charge < -0.3 is 10.1 Å². The van der Waals surface area contributed by atoms with Gasteiger partial charge in [0.05, 0.1) is 12.7 Å². The van der Waals surface area contributed by atoms with Gasteiger partial charge in [-0.3, -0.25) is 9.48 Å². The fourth-order valence-electron chi connectivity index (χ4n) is 3.27. The average molecular weight is 361 g/mol. The Bertz CT molecular complexity index is 822. The van der Waals surface area contributed by atoms with Gasteiger partial charge in [0, 0.05) is 17.1 Å². The number of anilines is 1. The maximum atomic E-state index is 12.6. The molecule has 0 aromatic carbocycles. The van der Waals surface area contributed by atoms with Gasteiger partial charge in [-0.25, -0.2) is 4.79 Å². The minimum Gasteiger partial charge on any atom is -0.465 e.